The summed E-state index contributed by atoms with van der Waals surface area (Å²) in [7, 11) is 0. The Morgan fingerprint density at radius 1 is 0.583 bits per heavy atom. The van der Waals surface area contributed by atoms with Crippen LogP contribution in [0.15, 0.2) is 124 Å². The average molecular weight is 628 g/mol. The first kappa shape index (κ1) is 29.5. The molecule has 0 radical (unpaired) electrons. The Kier molecular flexibility index (Phi) is 6.81. The molecule has 0 saturated heterocycles. The molecule has 0 aliphatic heterocycles. The van der Waals surface area contributed by atoms with Gasteiger partial charge in [0.05, 0.1) is 5.69 Å². The van der Waals surface area contributed by atoms with Crippen LogP contribution in [0.4, 0.5) is 17.1 Å². The SMILES string of the molecule is Cc1c(/C=C\N)oc2cc(N(c3ccc4c(C)c(/C=C\N)oc4c3)c3cc4c(cc3-c3ccccc3)-c3ccccc3C4(C)C)ccc12. The lowest BCUT2D eigenvalue weighted by atomic mass is 9.81. The third kappa shape index (κ3) is 4.46. The standard InChI is InChI=1S/C43H37N3O2/c1-26-31-16-14-29(22-41(31)47-39(26)18-20-44)46(30-15-17-32-27(2)40(19-21-45)48-42(32)23-30)38-25-37-35(24-34(38)28-10-6-5-7-11-28)33-12-8-9-13-36(33)43(37,3)4/h5-25H,44-45H2,1-4H3/b20-18-,21-19-. The van der Waals surface area contributed by atoms with Crippen molar-refractivity contribution in [3.8, 4) is 22.3 Å². The van der Waals surface area contributed by atoms with E-state index < -0.39 is 0 Å². The van der Waals surface area contributed by atoms with Gasteiger partial charge in [0, 0.05) is 56.4 Å². The number of nitrogens with two attached hydrogens (primary N) is 2. The fourth-order valence-electron chi connectivity index (χ4n) is 7.43. The van der Waals surface area contributed by atoms with Crippen molar-refractivity contribution in [2.75, 3.05) is 4.90 Å². The maximum atomic E-state index is 6.35. The number of nitrogens with zero attached hydrogens (tertiary/aromatic N) is 1. The lowest BCUT2D eigenvalue weighted by molar-refractivity contribution is 0.601. The third-order valence-corrected chi connectivity index (χ3v) is 9.95. The molecule has 2 aromatic heterocycles. The first-order valence-electron chi connectivity index (χ1n) is 16.3. The van der Waals surface area contributed by atoms with Crippen LogP contribution < -0.4 is 16.4 Å². The molecule has 0 unspecified atom stereocenters. The maximum Gasteiger partial charge on any atom is 0.137 e. The second-order valence-electron chi connectivity index (χ2n) is 13.0. The van der Waals surface area contributed by atoms with E-state index in [-0.39, 0.29) is 5.41 Å². The van der Waals surface area contributed by atoms with Crippen LogP contribution in [0.2, 0.25) is 0 Å². The summed E-state index contributed by atoms with van der Waals surface area (Å²) in [6, 6.07) is 37.0. The molecule has 0 amide bonds. The molecule has 2 heterocycles. The van der Waals surface area contributed by atoms with E-state index in [9.17, 15) is 0 Å². The predicted octanol–water partition coefficient (Wildman–Crippen LogP) is 11.1. The molecule has 5 aromatic carbocycles. The van der Waals surface area contributed by atoms with Gasteiger partial charge in [-0.2, -0.15) is 0 Å². The zero-order valence-electron chi connectivity index (χ0n) is 27.5. The van der Waals surface area contributed by atoms with Gasteiger partial charge in [0.15, 0.2) is 0 Å². The van der Waals surface area contributed by atoms with E-state index in [2.05, 4.69) is 136 Å². The topological polar surface area (TPSA) is 81.6 Å². The van der Waals surface area contributed by atoms with E-state index >= 15 is 0 Å². The second-order valence-corrected chi connectivity index (χ2v) is 13.0. The van der Waals surface area contributed by atoms with Crippen LogP contribution in [0, 0.1) is 13.8 Å². The molecule has 0 atom stereocenters. The molecule has 236 valence electrons. The first-order chi connectivity index (χ1) is 23.3. The summed E-state index contributed by atoms with van der Waals surface area (Å²) < 4.78 is 12.7. The summed E-state index contributed by atoms with van der Waals surface area (Å²) in [4.78, 5) is 2.33. The highest BCUT2D eigenvalue weighted by Gasteiger charge is 2.37. The van der Waals surface area contributed by atoms with Crippen LogP contribution in [0.25, 0.3) is 56.3 Å². The first-order valence-corrected chi connectivity index (χ1v) is 16.3. The Labute approximate surface area is 280 Å². The van der Waals surface area contributed by atoms with Crippen LogP contribution in [0.1, 0.15) is 47.6 Å². The normalized spacial score (nSPS) is 13.6. The Morgan fingerprint density at radius 2 is 1.15 bits per heavy atom. The van der Waals surface area contributed by atoms with Crippen LogP contribution in [-0.2, 0) is 5.41 Å². The number of furan rings is 2. The number of hydrogen-bond acceptors (Lipinski definition) is 5. The van der Waals surface area contributed by atoms with Crippen molar-refractivity contribution < 1.29 is 8.83 Å². The highest BCUT2D eigenvalue weighted by atomic mass is 16.3. The van der Waals surface area contributed by atoms with Crippen molar-refractivity contribution in [2.24, 2.45) is 11.5 Å². The Morgan fingerprint density at radius 3 is 1.73 bits per heavy atom. The Bertz CT molecular complexity index is 2330. The molecular formula is C43H37N3O2. The smallest absolute Gasteiger partial charge is 0.137 e. The predicted molar refractivity (Wildman–Crippen MR) is 200 cm³/mol. The molecule has 8 rings (SSSR count). The second kappa shape index (κ2) is 11.1. The number of aryl methyl sites for hydroxylation is 2. The highest BCUT2D eigenvalue weighted by Crippen LogP contribution is 2.53. The summed E-state index contributed by atoms with van der Waals surface area (Å²) in [5.74, 6) is 1.51. The number of rotatable bonds is 6. The minimum Gasteiger partial charge on any atom is -0.456 e. The van der Waals surface area contributed by atoms with Crippen LogP contribution >= 0.6 is 0 Å². The van der Waals surface area contributed by atoms with Gasteiger partial charge in [-0.25, -0.2) is 0 Å². The molecular weight excluding hydrogens is 590 g/mol. The molecule has 48 heavy (non-hydrogen) atoms. The van der Waals surface area contributed by atoms with E-state index in [1.807, 2.05) is 0 Å². The molecule has 5 nitrogen and oxygen atoms in total. The van der Waals surface area contributed by atoms with Crippen molar-refractivity contribution in [3.05, 3.63) is 149 Å². The molecule has 0 saturated carbocycles. The van der Waals surface area contributed by atoms with Crippen LogP contribution in [0.5, 0.6) is 0 Å². The van der Waals surface area contributed by atoms with Crippen molar-refractivity contribution in [1.29, 1.82) is 0 Å². The summed E-state index contributed by atoms with van der Waals surface area (Å²) in [6.07, 6.45) is 6.65. The highest BCUT2D eigenvalue weighted by molar-refractivity contribution is 5.98. The number of fused-ring (bicyclic) bond motifs is 5. The molecule has 7 aromatic rings. The maximum absolute atomic E-state index is 6.35. The van der Waals surface area contributed by atoms with Gasteiger partial charge in [-0.3, -0.25) is 0 Å². The van der Waals surface area contributed by atoms with Gasteiger partial charge in [0.25, 0.3) is 0 Å². The van der Waals surface area contributed by atoms with Crippen molar-refractivity contribution in [2.45, 2.75) is 33.1 Å². The summed E-state index contributed by atoms with van der Waals surface area (Å²) >= 11 is 0. The monoisotopic (exact) mass is 627 g/mol. The molecule has 1 aliphatic rings. The zero-order chi connectivity index (χ0) is 33.2. The largest absolute Gasteiger partial charge is 0.456 e. The summed E-state index contributed by atoms with van der Waals surface area (Å²) in [6.45, 7) is 8.77. The molecule has 0 fully saturated rings. The molecule has 4 N–H and O–H groups in total. The number of hydrogen-bond donors (Lipinski definition) is 2. The van der Waals surface area contributed by atoms with Crippen LogP contribution in [-0.4, -0.2) is 0 Å². The number of anilines is 3. The van der Waals surface area contributed by atoms with Gasteiger partial charge in [-0.15, -0.1) is 0 Å². The van der Waals surface area contributed by atoms with Gasteiger partial charge >= 0.3 is 0 Å². The van der Waals surface area contributed by atoms with E-state index in [0.717, 1.165) is 72.8 Å². The minimum absolute atomic E-state index is 0.182. The van der Waals surface area contributed by atoms with Gasteiger partial charge in [0.2, 0.25) is 0 Å². The molecule has 0 bridgehead atoms. The quantitative estimate of drug-likeness (QED) is 0.192. The molecule has 0 spiro atoms. The molecule has 1 aliphatic carbocycles. The number of benzene rings is 5. The average Bonchev–Trinajstić information content (AvgIpc) is 3.67. The van der Waals surface area contributed by atoms with Crippen molar-refractivity contribution in [1.82, 2.24) is 0 Å². The fraction of sp³-hybridized carbons (Fsp3) is 0.116. The lowest BCUT2D eigenvalue weighted by Gasteiger charge is -2.30. The van der Waals surface area contributed by atoms with Gasteiger partial charge in [-0.1, -0.05) is 68.4 Å². The fourth-order valence-corrected chi connectivity index (χ4v) is 7.43. The van der Waals surface area contributed by atoms with E-state index in [1.165, 1.54) is 34.7 Å². The Hall–Kier alpha value is -5.94. The molecule has 5 heteroatoms. The summed E-state index contributed by atoms with van der Waals surface area (Å²) in [5.41, 5.74) is 25.5. The van der Waals surface area contributed by atoms with Crippen molar-refractivity contribution >= 4 is 51.2 Å². The summed E-state index contributed by atoms with van der Waals surface area (Å²) in [5, 5.41) is 2.10. The van der Waals surface area contributed by atoms with E-state index in [4.69, 9.17) is 20.3 Å². The zero-order valence-corrected chi connectivity index (χ0v) is 27.5. The van der Waals surface area contributed by atoms with Gasteiger partial charge < -0.3 is 25.2 Å². The lowest BCUT2D eigenvalue weighted by Crippen LogP contribution is -2.17. The van der Waals surface area contributed by atoms with Crippen molar-refractivity contribution in [3.63, 3.8) is 0 Å². The Balaban J connectivity index is 1.44. The minimum atomic E-state index is -0.182. The third-order valence-electron chi connectivity index (χ3n) is 9.95. The van der Waals surface area contributed by atoms with Crippen LogP contribution in [0.3, 0.4) is 0 Å². The van der Waals surface area contributed by atoms with Gasteiger partial charge in [0.1, 0.15) is 22.7 Å². The van der Waals surface area contributed by atoms with E-state index in [1.54, 1.807) is 12.2 Å². The van der Waals surface area contributed by atoms with Gasteiger partial charge in [-0.05, 0) is 103 Å². The van der Waals surface area contributed by atoms with E-state index in [0.29, 0.717) is 0 Å².